The van der Waals surface area contributed by atoms with Crippen molar-refractivity contribution in [3.63, 3.8) is 0 Å². The van der Waals surface area contributed by atoms with E-state index in [1.807, 2.05) is 6.07 Å². The quantitative estimate of drug-likeness (QED) is 0.847. The summed E-state index contributed by atoms with van der Waals surface area (Å²) in [6.45, 7) is 0.519. The van der Waals surface area contributed by atoms with Gasteiger partial charge in [-0.05, 0) is 36.9 Å². The van der Waals surface area contributed by atoms with Gasteiger partial charge in [-0.1, -0.05) is 47.5 Å². The molecule has 0 atom stereocenters. The van der Waals surface area contributed by atoms with Crippen molar-refractivity contribution in [2.75, 3.05) is 18.9 Å². The molecule has 2 rings (SSSR count). The Balaban J connectivity index is 1.82. The van der Waals surface area contributed by atoms with Crippen molar-refractivity contribution in [3.05, 3.63) is 64.1 Å². The van der Waals surface area contributed by atoms with Gasteiger partial charge in [-0.25, -0.2) is 4.79 Å². The minimum absolute atomic E-state index is 0.0567. The van der Waals surface area contributed by atoms with Gasteiger partial charge in [-0.3, -0.25) is 15.0 Å². The fraction of sp³-hybridized carbons (Fsp3) is 0.176. The fourth-order valence-corrected chi connectivity index (χ4v) is 2.56. The number of rotatable bonds is 5. The highest BCUT2D eigenvalue weighted by Gasteiger charge is 2.12. The van der Waals surface area contributed by atoms with Crippen LogP contribution in [-0.2, 0) is 11.3 Å². The fourth-order valence-electron chi connectivity index (χ4n) is 2.09. The van der Waals surface area contributed by atoms with Gasteiger partial charge in [-0.2, -0.15) is 0 Å². The molecule has 0 aromatic heterocycles. The largest absolute Gasteiger partial charge is 0.325 e. The number of nitrogens with zero attached hydrogens (tertiary/aromatic N) is 1. The maximum absolute atomic E-state index is 11.9. The van der Waals surface area contributed by atoms with Gasteiger partial charge in [0.2, 0.25) is 5.91 Å². The molecule has 0 aliphatic heterocycles. The Kier molecular flexibility index (Phi) is 6.61. The number of carbonyl (C=O) groups excluding carboxylic acids is 2. The van der Waals surface area contributed by atoms with Crippen molar-refractivity contribution in [2.45, 2.75) is 6.54 Å². The average Bonchev–Trinajstić information content (AvgIpc) is 2.50. The van der Waals surface area contributed by atoms with Crippen LogP contribution in [0.4, 0.5) is 10.5 Å². The van der Waals surface area contributed by atoms with Crippen LogP contribution in [0.3, 0.4) is 0 Å². The molecule has 2 N–H and O–H groups in total. The lowest BCUT2D eigenvalue weighted by Crippen LogP contribution is -2.40. The number of halogens is 2. The Hall–Kier alpha value is -2.08. The molecule has 0 spiro atoms. The van der Waals surface area contributed by atoms with Crippen LogP contribution < -0.4 is 10.6 Å². The number of anilines is 1. The molecule has 0 heterocycles. The summed E-state index contributed by atoms with van der Waals surface area (Å²) in [6, 6.07) is 13.5. The molecule has 0 saturated carbocycles. The second-order valence-corrected chi connectivity index (χ2v) is 6.12. The van der Waals surface area contributed by atoms with Gasteiger partial charge in [0.05, 0.1) is 6.54 Å². The Morgan fingerprint density at radius 2 is 1.79 bits per heavy atom. The summed E-state index contributed by atoms with van der Waals surface area (Å²) in [5, 5.41) is 5.97. The molecule has 0 saturated heterocycles. The van der Waals surface area contributed by atoms with Crippen LogP contribution >= 0.6 is 23.2 Å². The Morgan fingerprint density at radius 1 is 1.08 bits per heavy atom. The molecule has 0 aliphatic carbocycles. The van der Waals surface area contributed by atoms with Crippen molar-refractivity contribution in [3.8, 4) is 0 Å². The van der Waals surface area contributed by atoms with E-state index in [9.17, 15) is 9.59 Å². The lowest BCUT2D eigenvalue weighted by Gasteiger charge is -2.17. The number of hydrogen-bond acceptors (Lipinski definition) is 3. The second kappa shape index (κ2) is 8.68. The predicted octanol–water partition coefficient (Wildman–Crippen LogP) is 3.77. The van der Waals surface area contributed by atoms with Crippen LogP contribution in [0.15, 0.2) is 48.5 Å². The first-order valence-electron chi connectivity index (χ1n) is 7.22. The maximum Gasteiger partial charge on any atom is 0.325 e. The van der Waals surface area contributed by atoms with E-state index in [1.165, 1.54) is 0 Å². The van der Waals surface area contributed by atoms with Crippen LogP contribution in [0.2, 0.25) is 10.0 Å². The first-order chi connectivity index (χ1) is 11.4. The van der Waals surface area contributed by atoms with Gasteiger partial charge in [0.15, 0.2) is 0 Å². The predicted molar refractivity (Wildman–Crippen MR) is 96.4 cm³/mol. The normalized spacial score (nSPS) is 10.5. The van der Waals surface area contributed by atoms with E-state index in [-0.39, 0.29) is 6.54 Å². The van der Waals surface area contributed by atoms with Crippen molar-refractivity contribution in [1.29, 1.82) is 0 Å². The first kappa shape index (κ1) is 18.3. The second-order valence-electron chi connectivity index (χ2n) is 5.28. The number of imide groups is 1. The van der Waals surface area contributed by atoms with Crippen LogP contribution in [0.5, 0.6) is 0 Å². The molecule has 0 unspecified atom stereocenters. The van der Waals surface area contributed by atoms with Gasteiger partial charge in [0.1, 0.15) is 0 Å². The minimum atomic E-state index is -0.566. The van der Waals surface area contributed by atoms with Gasteiger partial charge in [-0.15, -0.1) is 0 Å². The Labute approximate surface area is 150 Å². The molecule has 7 heteroatoms. The van der Waals surface area contributed by atoms with Crippen LogP contribution in [0, 0.1) is 0 Å². The number of carbonyl (C=O) groups is 2. The maximum atomic E-state index is 11.9. The van der Waals surface area contributed by atoms with E-state index in [1.54, 1.807) is 54.4 Å². The average molecular weight is 366 g/mol. The van der Waals surface area contributed by atoms with Crippen LogP contribution in [0.25, 0.3) is 0 Å². The third-order valence-electron chi connectivity index (χ3n) is 3.15. The Morgan fingerprint density at radius 3 is 2.46 bits per heavy atom. The number of para-hydroxylation sites is 1. The smallest absolute Gasteiger partial charge is 0.308 e. The molecule has 24 heavy (non-hydrogen) atoms. The monoisotopic (exact) mass is 365 g/mol. The van der Waals surface area contributed by atoms with Gasteiger partial charge < -0.3 is 5.32 Å². The summed E-state index contributed by atoms with van der Waals surface area (Å²) < 4.78 is 0. The zero-order chi connectivity index (χ0) is 17.5. The standard InChI is InChI=1S/C17H17Cl2N3O2/c1-22(10-12-7-8-13(18)9-15(12)19)11-16(23)21-17(24)20-14-5-3-2-4-6-14/h2-9H,10-11H2,1H3,(H2,20,21,23,24). The lowest BCUT2D eigenvalue weighted by molar-refractivity contribution is -0.120. The molecular weight excluding hydrogens is 349 g/mol. The van der Waals surface area contributed by atoms with Crippen molar-refractivity contribution in [1.82, 2.24) is 10.2 Å². The van der Waals surface area contributed by atoms with Crippen LogP contribution in [0.1, 0.15) is 5.56 Å². The highest BCUT2D eigenvalue weighted by molar-refractivity contribution is 6.35. The van der Waals surface area contributed by atoms with E-state index in [4.69, 9.17) is 23.2 Å². The van der Waals surface area contributed by atoms with E-state index in [0.717, 1.165) is 5.56 Å². The van der Waals surface area contributed by atoms with E-state index in [2.05, 4.69) is 10.6 Å². The summed E-state index contributed by atoms with van der Waals surface area (Å²) in [7, 11) is 1.76. The molecule has 0 radical (unpaired) electrons. The molecule has 3 amide bonds. The number of urea groups is 1. The highest BCUT2D eigenvalue weighted by Crippen LogP contribution is 2.21. The van der Waals surface area contributed by atoms with Gasteiger partial charge in [0, 0.05) is 22.3 Å². The zero-order valence-electron chi connectivity index (χ0n) is 13.1. The van der Waals surface area contributed by atoms with Gasteiger partial charge >= 0.3 is 6.03 Å². The number of hydrogen-bond donors (Lipinski definition) is 2. The molecule has 5 nitrogen and oxygen atoms in total. The van der Waals surface area contributed by atoms with E-state index in [0.29, 0.717) is 22.3 Å². The first-order valence-corrected chi connectivity index (χ1v) is 7.98. The highest BCUT2D eigenvalue weighted by atomic mass is 35.5. The topological polar surface area (TPSA) is 61.4 Å². The number of benzene rings is 2. The summed E-state index contributed by atoms with van der Waals surface area (Å²) in [4.78, 5) is 25.4. The van der Waals surface area contributed by atoms with E-state index >= 15 is 0 Å². The molecular formula is C17H17Cl2N3O2. The molecule has 2 aromatic rings. The van der Waals surface area contributed by atoms with Crippen molar-refractivity contribution >= 4 is 40.8 Å². The third kappa shape index (κ3) is 5.85. The summed E-state index contributed by atoms with van der Waals surface area (Å²) in [6.07, 6.45) is 0. The zero-order valence-corrected chi connectivity index (χ0v) is 14.6. The number of likely N-dealkylation sites (N-methyl/N-ethyl adjacent to an activating group) is 1. The summed E-state index contributed by atoms with van der Waals surface area (Å²) >= 11 is 12.0. The molecule has 126 valence electrons. The van der Waals surface area contributed by atoms with Gasteiger partial charge in [0.25, 0.3) is 0 Å². The van der Waals surface area contributed by atoms with Crippen LogP contribution in [-0.4, -0.2) is 30.4 Å². The third-order valence-corrected chi connectivity index (χ3v) is 3.74. The summed E-state index contributed by atoms with van der Waals surface area (Å²) in [5.41, 5.74) is 1.47. The number of amides is 3. The molecule has 0 bridgehead atoms. The molecule has 0 aliphatic rings. The summed E-state index contributed by atoms with van der Waals surface area (Å²) in [5.74, 6) is -0.406. The lowest BCUT2D eigenvalue weighted by atomic mass is 10.2. The Bertz CT molecular complexity index is 723. The number of nitrogens with one attached hydrogen (secondary N) is 2. The van der Waals surface area contributed by atoms with E-state index < -0.39 is 11.9 Å². The SMILES string of the molecule is CN(CC(=O)NC(=O)Nc1ccccc1)Cc1ccc(Cl)cc1Cl. The minimum Gasteiger partial charge on any atom is -0.308 e. The molecule has 0 fully saturated rings. The van der Waals surface area contributed by atoms with Crippen molar-refractivity contribution in [2.24, 2.45) is 0 Å². The molecule has 2 aromatic carbocycles. The van der Waals surface area contributed by atoms with Crippen molar-refractivity contribution < 1.29 is 9.59 Å².